The van der Waals surface area contributed by atoms with Crippen LogP contribution in [0.2, 0.25) is 0 Å². The first kappa shape index (κ1) is 17.3. The fourth-order valence-electron chi connectivity index (χ4n) is 4.76. The van der Waals surface area contributed by atoms with Gasteiger partial charge in [0.25, 0.3) is 0 Å². The topological polar surface area (TPSA) is 67.7 Å². The third kappa shape index (κ3) is 3.07. The molecule has 148 valence electrons. The Morgan fingerprint density at radius 3 is 2.86 bits per heavy atom. The zero-order valence-electron chi connectivity index (χ0n) is 16.0. The molecule has 29 heavy (non-hydrogen) atoms. The highest BCUT2D eigenvalue weighted by Crippen LogP contribution is 2.33. The largest absolute Gasteiger partial charge is 0.359 e. The SMILES string of the molecule is Cn1cc2cc(-c3cc4sc(NC5CC6CCC(C5)N6)nc4cn3)cc(F)c2n1. The minimum atomic E-state index is -0.327. The molecular formula is C21H21FN6S. The number of anilines is 1. The van der Waals surface area contributed by atoms with Gasteiger partial charge in [-0.25, -0.2) is 9.37 Å². The summed E-state index contributed by atoms with van der Waals surface area (Å²) in [6.07, 6.45) is 8.48. The number of fused-ring (bicyclic) bond motifs is 4. The lowest BCUT2D eigenvalue weighted by Gasteiger charge is -2.29. The molecule has 4 aromatic rings. The van der Waals surface area contributed by atoms with E-state index < -0.39 is 0 Å². The van der Waals surface area contributed by atoms with E-state index in [4.69, 9.17) is 4.98 Å². The number of nitrogens with zero attached hydrogens (tertiary/aromatic N) is 4. The summed E-state index contributed by atoms with van der Waals surface area (Å²) in [4.78, 5) is 9.26. The average Bonchev–Trinajstić information content (AvgIpc) is 3.36. The van der Waals surface area contributed by atoms with Gasteiger partial charge in [0.1, 0.15) is 11.0 Å². The molecule has 0 amide bonds. The number of piperidine rings is 1. The highest BCUT2D eigenvalue weighted by Gasteiger charge is 2.33. The molecule has 2 unspecified atom stereocenters. The smallest absolute Gasteiger partial charge is 0.184 e. The number of halogens is 1. The van der Waals surface area contributed by atoms with Crippen molar-refractivity contribution >= 4 is 37.6 Å². The molecule has 6 rings (SSSR count). The first-order valence-corrected chi connectivity index (χ1v) is 10.8. The fraction of sp³-hybridized carbons (Fsp3) is 0.381. The van der Waals surface area contributed by atoms with Crippen molar-refractivity contribution in [2.45, 2.75) is 43.8 Å². The normalized spacial score (nSPS) is 23.9. The number of pyridine rings is 1. The van der Waals surface area contributed by atoms with Gasteiger partial charge < -0.3 is 10.6 Å². The zero-order valence-corrected chi connectivity index (χ0v) is 16.8. The van der Waals surface area contributed by atoms with Crippen LogP contribution < -0.4 is 10.6 Å². The van der Waals surface area contributed by atoms with Crippen molar-refractivity contribution in [2.75, 3.05) is 5.32 Å². The number of rotatable bonds is 3. The maximum Gasteiger partial charge on any atom is 0.184 e. The van der Waals surface area contributed by atoms with Gasteiger partial charge in [-0.05, 0) is 43.9 Å². The van der Waals surface area contributed by atoms with Gasteiger partial charge in [0.05, 0.1) is 16.6 Å². The molecule has 2 atom stereocenters. The Hall–Kier alpha value is -2.58. The standard InChI is InChI=1S/C21H21FN6S/c1-28-10-12-4-11(5-16(22)20(12)27-28)17-8-19-18(9-23-17)26-21(29-19)25-15-6-13-2-3-14(7-15)24-13/h4-5,8-10,13-15,24H,2-3,6-7H2,1H3,(H,25,26). The maximum atomic E-state index is 14.5. The van der Waals surface area contributed by atoms with Crippen LogP contribution in [0.15, 0.2) is 30.6 Å². The maximum absolute atomic E-state index is 14.5. The fourth-order valence-corrected chi connectivity index (χ4v) is 5.71. The molecule has 2 fully saturated rings. The second-order valence-corrected chi connectivity index (χ2v) is 9.24. The number of aryl methyl sites for hydroxylation is 1. The van der Waals surface area contributed by atoms with E-state index >= 15 is 0 Å². The summed E-state index contributed by atoms with van der Waals surface area (Å²) in [5.74, 6) is -0.327. The summed E-state index contributed by atoms with van der Waals surface area (Å²) < 4.78 is 17.1. The van der Waals surface area contributed by atoms with E-state index in [1.165, 1.54) is 18.9 Å². The Morgan fingerprint density at radius 2 is 2.03 bits per heavy atom. The van der Waals surface area contributed by atoms with E-state index in [0.29, 0.717) is 23.6 Å². The Balaban J connectivity index is 1.31. The lowest BCUT2D eigenvalue weighted by atomic mass is 10.0. The number of benzene rings is 1. The molecule has 8 heteroatoms. The van der Waals surface area contributed by atoms with Gasteiger partial charge in [-0.15, -0.1) is 0 Å². The van der Waals surface area contributed by atoms with Crippen molar-refractivity contribution in [3.05, 3.63) is 36.4 Å². The molecule has 2 bridgehead atoms. The highest BCUT2D eigenvalue weighted by molar-refractivity contribution is 7.22. The number of hydrogen-bond acceptors (Lipinski definition) is 6. The van der Waals surface area contributed by atoms with Crippen LogP contribution in [0.25, 0.3) is 32.4 Å². The monoisotopic (exact) mass is 408 g/mol. The molecule has 0 aliphatic carbocycles. The van der Waals surface area contributed by atoms with Gasteiger partial charge >= 0.3 is 0 Å². The lowest BCUT2D eigenvalue weighted by molar-refractivity contribution is 0.378. The molecule has 0 spiro atoms. The highest BCUT2D eigenvalue weighted by atomic mass is 32.1. The van der Waals surface area contributed by atoms with Gasteiger partial charge in [0.15, 0.2) is 10.9 Å². The summed E-state index contributed by atoms with van der Waals surface area (Å²) in [7, 11) is 1.79. The molecular weight excluding hydrogens is 387 g/mol. The molecule has 2 saturated heterocycles. The number of aromatic nitrogens is 4. The van der Waals surface area contributed by atoms with Gasteiger partial charge in [0, 0.05) is 42.3 Å². The Kier molecular flexibility index (Phi) is 3.86. The Bertz CT molecular complexity index is 1220. The van der Waals surface area contributed by atoms with Crippen LogP contribution >= 0.6 is 11.3 Å². The predicted octanol–water partition coefficient (Wildman–Crippen LogP) is 4.08. The minimum Gasteiger partial charge on any atom is -0.359 e. The summed E-state index contributed by atoms with van der Waals surface area (Å²) in [5, 5.41) is 13.2. The molecule has 6 nitrogen and oxygen atoms in total. The van der Waals surface area contributed by atoms with Crippen LogP contribution in [0, 0.1) is 5.82 Å². The van der Waals surface area contributed by atoms with Crippen LogP contribution in [0.4, 0.5) is 9.52 Å². The van der Waals surface area contributed by atoms with Crippen LogP contribution in [0.5, 0.6) is 0 Å². The van der Waals surface area contributed by atoms with Gasteiger partial charge in [-0.1, -0.05) is 11.3 Å². The molecule has 0 saturated carbocycles. The number of nitrogens with one attached hydrogen (secondary N) is 2. The van der Waals surface area contributed by atoms with E-state index in [-0.39, 0.29) is 5.82 Å². The number of hydrogen-bond donors (Lipinski definition) is 2. The Labute approximate surface area is 171 Å². The molecule has 2 aliphatic heterocycles. The molecule has 3 aromatic heterocycles. The molecule has 0 radical (unpaired) electrons. The van der Waals surface area contributed by atoms with Crippen molar-refractivity contribution in [1.29, 1.82) is 0 Å². The lowest BCUT2D eigenvalue weighted by Crippen LogP contribution is -2.43. The van der Waals surface area contributed by atoms with Gasteiger partial charge in [0.2, 0.25) is 0 Å². The van der Waals surface area contributed by atoms with E-state index in [9.17, 15) is 4.39 Å². The third-order valence-electron chi connectivity index (χ3n) is 6.05. The molecule has 2 N–H and O–H groups in total. The molecule has 1 aromatic carbocycles. The van der Waals surface area contributed by atoms with E-state index in [0.717, 1.165) is 44.8 Å². The molecule has 2 aliphatic rings. The summed E-state index contributed by atoms with van der Waals surface area (Å²) in [5.41, 5.74) is 2.76. The van der Waals surface area contributed by atoms with Crippen molar-refractivity contribution < 1.29 is 4.39 Å². The van der Waals surface area contributed by atoms with E-state index in [1.807, 2.05) is 18.3 Å². The van der Waals surface area contributed by atoms with Crippen molar-refractivity contribution in [3.63, 3.8) is 0 Å². The first-order valence-electron chi connectivity index (χ1n) is 10.0. The van der Waals surface area contributed by atoms with Crippen molar-refractivity contribution in [3.8, 4) is 11.3 Å². The second kappa shape index (κ2) is 6.47. The summed E-state index contributed by atoms with van der Waals surface area (Å²) in [6.45, 7) is 0. The van der Waals surface area contributed by atoms with Gasteiger partial charge in [-0.2, -0.15) is 5.10 Å². The van der Waals surface area contributed by atoms with Gasteiger partial charge in [-0.3, -0.25) is 9.67 Å². The summed E-state index contributed by atoms with van der Waals surface area (Å²) >= 11 is 1.64. The second-order valence-electron chi connectivity index (χ2n) is 8.21. The Morgan fingerprint density at radius 1 is 1.21 bits per heavy atom. The van der Waals surface area contributed by atoms with Crippen LogP contribution in [0.3, 0.4) is 0 Å². The molecule has 5 heterocycles. The summed E-state index contributed by atoms with van der Waals surface area (Å²) in [6, 6.07) is 7.21. The third-order valence-corrected chi connectivity index (χ3v) is 7.00. The van der Waals surface area contributed by atoms with Crippen molar-refractivity contribution in [2.24, 2.45) is 7.05 Å². The van der Waals surface area contributed by atoms with E-state index in [2.05, 4.69) is 20.7 Å². The first-order chi connectivity index (χ1) is 14.1. The van der Waals surface area contributed by atoms with E-state index in [1.54, 1.807) is 29.3 Å². The van der Waals surface area contributed by atoms with Crippen LogP contribution in [0.1, 0.15) is 25.7 Å². The zero-order chi connectivity index (χ0) is 19.5. The van der Waals surface area contributed by atoms with Crippen molar-refractivity contribution in [1.82, 2.24) is 25.1 Å². The van der Waals surface area contributed by atoms with Crippen LogP contribution in [-0.2, 0) is 7.05 Å². The average molecular weight is 409 g/mol. The number of thiazole rings is 1. The quantitative estimate of drug-likeness (QED) is 0.535. The predicted molar refractivity (Wildman–Crippen MR) is 114 cm³/mol. The van der Waals surface area contributed by atoms with Crippen LogP contribution in [-0.4, -0.2) is 37.9 Å². The minimum absolute atomic E-state index is 0.327.